The summed E-state index contributed by atoms with van der Waals surface area (Å²) in [5.74, 6) is 5.69. The van der Waals surface area contributed by atoms with Crippen molar-refractivity contribution in [1.82, 2.24) is 19.9 Å². The van der Waals surface area contributed by atoms with E-state index in [0.717, 1.165) is 12.8 Å². The van der Waals surface area contributed by atoms with E-state index in [0.29, 0.717) is 37.3 Å². The number of nitrogens with zero attached hydrogens (tertiary/aromatic N) is 4. The quantitative estimate of drug-likeness (QED) is 0.220. The second-order valence-corrected chi connectivity index (χ2v) is 10.8. The normalized spacial score (nSPS) is 14.4. The van der Waals surface area contributed by atoms with Crippen LogP contribution in [0, 0.1) is 17.8 Å². The zero-order chi connectivity index (χ0) is 27.1. The van der Waals surface area contributed by atoms with Gasteiger partial charge in [-0.05, 0) is 66.9 Å². The van der Waals surface area contributed by atoms with E-state index in [1.54, 1.807) is 42.6 Å². The molecule has 198 valence electrons. The van der Waals surface area contributed by atoms with Crippen molar-refractivity contribution in [2.24, 2.45) is 23.1 Å². The molecule has 6 N–H and O–H groups in total. The molecule has 1 saturated heterocycles. The summed E-state index contributed by atoms with van der Waals surface area (Å²) in [7, 11) is 0. The lowest BCUT2D eigenvalue weighted by Gasteiger charge is -2.37. The van der Waals surface area contributed by atoms with Crippen LogP contribution in [0.1, 0.15) is 71.3 Å². The Morgan fingerprint density at radius 3 is 2.31 bits per heavy atom. The average Bonchev–Trinajstić information content (AvgIpc) is 3.15. The fraction of sp³-hybridized carbons (Fsp3) is 0.600. The van der Waals surface area contributed by atoms with Gasteiger partial charge in [0, 0.05) is 25.3 Å². The van der Waals surface area contributed by atoms with Crippen molar-refractivity contribution in [3.05, 3.63) is 35.1 Å². The number of esters is 1. The molecule has 1 aliphatic heterocycles. The van der Waals surface area contributed by atoms with Gasteiger partial charge >= 0.3 is 12.1 Å². The molecule has 1 amide bonds. The first-order chi connectivity index (χ1) is 16.6. The monoisotopic (exact) mass is 501 g/mol. The molecule has 1 aliphatic rings. The minimum Gasteiger partial charge on any atom is -0.455 e. The molecule has 0 spiro atoms. The molecule has 1 aromatic rings. The molecule has 0 atom stereocenters. The maximum absolute atomic E-state index is 12.0. The lowest BCUT2D eigenvalue weighted by atomic mass is 10.0. The lowest BCUT2D eigenvalue weighted by Crippen LogP contribution is -2.51. The van der Waals surface area contributed by atoms with E-state index in [1.807, 2.05) is 20.8 Å². The number of rotatable bonds is 7. The number of likely N-dealkylation sites (tertiary alicyclic amines) is 1. The van der Waals surface area contributed by atoms with Gasteiger partial charge in [0.1, 0.15) is 17.0 Å². The molecule has 0 unspecified atom stereocenters. The second-order valence-electron chi connectivity index (χ2n) is 10.8. The van der Waals surface area contributed by atoms with Crippen molar-refractivity contribution < 1.29 is 19.1 Å². The molecule has 36 heavy (non-hydrogen) atoms. The van der Waals surface area contributed by atoms with Crippen LogP contribution in [0.25, 0.3) is 0 Å². The second kappa shape index (κ2) is 11.8. The number of aryl methyl sites for hydroxylation is 1. The summed E-state index contributed by atoms with van der Waals surface area (Å²) in [6.45, 7) is 12.5. The van der Waals surface area contributed by atoms with Gasteiger partial charge in [0.05, 0.1) is 17.7 Å². The van der Waals surface area contributed by atoms with Crippen LogP contribution in [0.4, 0.5) is 4.79 Å². The van der Waals surface area contributed by atoms with Gasteiger partial charge in [0.25, 0.3) is 0 Å². The number of allylic oxidation sites excluding steroid dienone is 3. The maximum Gasteiger partial charge on any atom is 0.410 e. The van der Waals surface area contributed by atoms with Crippen LogP contribution in [-0.2, 0) is 16.0 Å². The lowest BCUT2D eigenvalue weighted by molar-refractivity contribution is 0.00502. The highest BCUT2D eigenvalue weighted by atomic mass is 16.6. The third-order valence-electron chi connectivity index (χ3n) is 4.83. The third-order valence-corrected chi connectivity index (χ3v) is 4.83. The van der Waals surface area contributed by atoms with E-state index in [4.69, 9.17) is 26.7 Å². The molecule has 1 fully saturated rings. The van der Waals surface area contributed by atoms with Gasteiger partial charge in [-0.3, -0.25) is 4.68 Å². The number of carbonyl (C=O) groups excluding carboxylic acids is 2. The van der Waals surface area contributed by atoms with E-state index in [9.17, 15) is 9.59 Å². The molecule has 1 aromatic heterocycles. The molecule has 11 heteroatoms. The topological polar surface area (TPSA) is 165 Å². The van der Waals surface area contributed by atoms with Gasteiger partial charge in [0.2, 0.25) is 0 Å². The summed E-state index contributed by atoms with van der Waals surface area (Å²) in [5, 5.41) is 7.85. The summed E-state index contributed by atoms with van der Waals surface area (Å²) < 4.78 is 12.2. The zero-order valence-corrected chi connectivity index (χ0v) is 22.1. The van der Waals surface area contributed by atoms with E-state index in [-0.39, 0.29) is 23.5 Å². The van der Waals surface area contributed by atoms with Crippen LogP contribution >= 0.6 is 0 Å². The maximum atomic E-state index is 12.0. The molecule has 0 radical (unpaired) electrons. The highest BCUT2D eigenvalue weighted by molar-refractivity contribution is 5.87. The van der Waals surface area contributed by atoms with Gasteiger partial charge < -0.3 is 31.6 Å². The fourth-order valence-corrected chi connectivity index (χ4v) is 3.11. The summed E-state index contributed by atoms with van der Waals surface area (Å²) >= 11 is 0. The largest absolute Gasteiger partial charge is 0.455 e. The summed E-state index contributed by atoms with van der Waals surface area (Å²) in [5.41, 5.74) is 17.8. The van der Waals surface area contributed by atoms with Crippen molar-refractivity contribution in [1.29, 1.82) is 0 Å². The Hall–Kier alpha value is -3.68. The van der Waals surface area contributed by atoms with Gasteiger partial charge in [-0.25, -0.2) is 9.59 Å². The Morgan fingerprint density at radius 1 is 1.08 bits per heavy atom. The van der Waals surface area contributed by atoms with Crippen LogP contribution in [0.2, 0.25) is 0 Å². The first-order valence-electron chi connectivity index (χ1n) is 12.0. The average molecular weight is 502 g/mol. The molecular weight excluding hydrogens is 462 g/mol. The Bertz CT molecular complexity index is 1050. The summed E-state index contributed by atoms with van der Waals surface area (Å²) in [4.78, 5) is 25.7. The molecule has 2 rings (SSSR count). The number of carbonyl (C=O) groups is 2. The van der Waals surface area contributed by atoms with Crippen molar-refractivity contribution in [2.45, 2.75) is 78.6 Å². The minimum atomic E-state index is -0.590. The number of aromatic nitrogens is 3. The van der Waals surface area contributed by atoms with Gasteiger partial charge in [-0.15, -0.1) is 5.10 Å². The van der Waals surface area contributed by atoms with E-state index < -0.39 is 17.2 Å². The smallest absolute Gasteiger partial charge is 0.410 e. The zero-order valence-electron chi connectivity index (χ0n) is 22.1. The molecule has 0 bridgehead atoms. The van der Waals surface area contributed by atoms with Gasteiger partial charge in [-0.1, -0.05) is 17.1 Å². The molecule has 0 aliphatic carbocycles. The van der Waals surface area contributed by atoms with Crippen LogP contribution < -0.4 is 17.2 Å². The molecule has 11 nitrogen and oxygen atoms in total. The van der Waals surface area contributed by atoms with E-state index in [2.05, 4.69) is 22.2 Å². The van der Waals surface area contributed by atoms with E-state index >= 15 is 0 Å². The molecule has 2 heterocycles. The molecular formula is C25H39N7O4. The Labute approximate surface area is 213 Å². The highest BCUT2D eigenvalue weighted by Crippen LogP contribution is 2.19. The number of unbranched alkanes of at least 4 members (excludes halogenated alkanes) is 1. The van der Waals surface area contributed by atoms with Gasteiger partial charge in [-0.2, -0.15) is 0 Å². The Balaban J connectivity index is 1.79. The number of ether oxygens (including phenoxy) is 2. The molecule has 0 aromatic carbocycles. The van der Waals surface area contributed by atoms with Crippen LogP contribution in [0.15, 0.2) is 29.4 Å². The molecule has 0 saturated carbocycles. The number of hydrogen-bond acceptors (Lipinski definition) is 9. The van der Waals surface area contributed by atoms with E-state index in [1.165, 1.54) is 0 Å². The highest BCUT2D eigenvalue weighted by Gasteiger charge is 2.32. The van der Waals surface area contributed by atoms with Crippen molar-refractivity contribution in [2.75, 3.05) is 13.1 Å². The van der Waals surface area contributed by atoms with Gasteiger partial charge in [0.15, 0.2) is 5.69 Å². The summed E-state index contributed by atoms with van der Waals surface area (Å²) in [6.07, 6.45) is 5.08. The van der Waals surface area contributed by atoms with Crippen LogP contribution in [0.5, 0.6) is 0 Å². The number of nitrogens with two attached hydrogens (primary N) is 3. The van der Waals surface area contributed by atoms with Crippen LogP contribution in [0.3, 0.4) is 0 Å². The van der Waals surface area contributed by atoms with Crippen molar-refractivity contribution in [3.8, 4) is 11.8 Å². The Morgan fingerprint density at radius 2 is 1.72 bits per heavy atom. The third kappa shape index (κ3) is 9.90. The predicted molar refractivity (Wildman–Crippen MR) is 136 cm³/mol. The summed E-state index contributed by atoms with van der Waals surface area (Å²) in [6, 6.07) is 0. The van der Waals surface area contributed by atoms with Crippen molar-refractivity contribution in [3.63, 3.8) is 0 Å². The number of hydrogen-bond donors (Lipinski definition) is 3. The standard InChI is InChI=1S/C25H39N7O4/c1-24(2,3)35-22(33)20-16-32(30-29-20)12-8-7-9-19(26)13-18(21(27)28)11-10-17-14-31(15-17)23(34)36-25(4,5)6/h13,16-17H,7-9,12,14-15,26-28H2,1-6H3/b19-13-. The van der Waals surface area contributed by atoms with Crippen molar-refractivity contribution >= 4 is 12.1 Å². The first kappa shape index (κ1) is 28.6. The first-order valence-corrected chi connectivity index (χ1v) is 12.0. The Kier molecular flexibility index (Phi) is 9.39. The fourth-order valence-electron chi connectivity index (χ4n) is 3.11. The number of amides is 1. The predicted octanol–water partition coefficient (Wildman–Crippen LogP) is 2.25. The minimum absolute atomic E-state index is 0.0229. The SMILES string of the molecule is CC(C)(C)OC(=O)c1cn(CCCC/C(N)=C/C(C#CC2CN(C(=O)OC(C)(C)C)C2)=C(N)N)nn1. The van der Waals surface area contributed by atoms with Crippen LogP contribution in [-0.4, -0.2) is 56.2 Å².